The van der Waals surface area contributed by atoms with Gasteiger partial charge in [0.15, 0.2) is 0 Å². The Morgan fingerprint density at radius 3 is 1.67 bits per heavy atom. The molecule has 0 bridgehead atoms. The van der Waals surface area contributed by atoms with Gasteiger partial charge in [0.2, 0.25) is 0 Å². The Bertz CT molecular complexity index is 4710. The van der Waals surface area contributed by atoms with Gasteiger partial charge in [-0.15, -0.1) is 29.7 Å². The van der Waals surface area contributed by atoms with Crippen molar-refractivity contribution in [3.05, 3.63) is 267 Å². The minimum atomic E-state index is 0. The Morgan fingerprint density at radius 1 is 0.400 bits per heavy atom. The van der Waals surface area contributed by atoms with E-state index in [1.807, 2.05) is 18.2 Å². The first-order chi connectivity index (χ1) is 36.7. The summed E-state index contributed by atoms with van der Waals surface area (Å²) in [4.78, 5) is 5.72. The van der Waals surface area contributed by atoms with E-state index in [2.05, 4.69) is 267 Å². The average Bonchev–Trinajstić information content (AvgIpc) is 4.15. The molecular formula is C68H41N5OPt-2. The summed E-state index contributed by atoms with van der Waals surface area (Å²) in [6, 6.07) is 94.7. The van der Waals surface area contributed by atoms with E-state index >= 15 is 0 Å². The molecular weight excluding hydrogens is 1100 g/mol. The Labute approximate surface area is 446 Å². The molecule has 356 valence electrons. The van der Waals surface area contributed by atoms with Crippen LogP contribution in [0.3, 0.4) is 0 Å². The minimum Gasteiger partial charge on any atom is -0.510 e. The van der Waals surface area contributed by atoms with Crippen molar-refractivity contribution < 1.29 is 30.4 Å². The second-order valence-electron chi connectivity index (χ2n) is 18.7. The van der Waals surface area contributed by atoms with Crippen LogP contribution in [0.2, 0.25) is 0 Å². The van der Waals surface area contributed by atoms with Crippen molar-refractivity contribution in [3.63, 3.8) is 0 Å². The van der Waals surface area contributed by atoms with Crippen molar-refractivity contribution in [2.45, 2.75) is 0 Å². The monoisotopic (exact) mass is 1140 g/mol. The Kier molecular flexibility index (Phi) is 10.6. The van der Waals surface area contributed by atoms with Crippen LogP contribution < -0.4 is 9.30 Å². The smallest absolute Gasteiger partial charge is 0.268 e. The molecule has 4 aromatic heterocycles. The third-order valence-corrected chi connectivity index (χ3v) is 14.5. The minimum absolute atomic E-state index is 0. The van der Waals surface area contributed by atoms with Gasteiger partial charge in [0.1, 0.15) is 5.82 Å². The van der Waals surface area contributed by atoms with E-state index in [1.54, 1.807) is 0 Å². The van der Waals surface area contributed by atoms with Crippen molar-refractivity contribution in [3.8, 4) is 50.9 Å². The van der Waals surface area contributed by atoms with Crippen LogP contribution in [-0.4, -0.2) is 18.5 Å². The van der Waals surface area contributed by atoms with Gasteiger partial charge in [-0.05, 0) is 63.7 Å². The molecule has 0 saturated carbocycles. The van der Waals surface area contributed by atoms with Crippen LogP contribution in [0.4, 0.5) is 0 Å². The fourth-order valence-electron chi connectivity index (χ4n) is 11.3. The summed E-state index contributed by atoms with van der Waals surface area (Å²) < 4.78 is 15.8. The SMILES string of the molecule is [Pt].[c-]1c(Oc2[c-]c3c(cc2)c2ccccc2n3-c2nc3ccccc3c3cccc4c5ccccc5n(c5ccccc25)c34)cccc1-n1[c-][n+](-c2c(-c3ccccc3)cccc2-c2ccccc2)c2ccccc21. The van der Waals surface area contributed by atoms with E-state index in [-0.39, 0.29) is 21.1 Å². The van der Waals surface area contributed by atoms with E-state index in [0.717, 1.165) is 111 Å². The van der Waals surface area contributed by atoms with Crippen LogP contribution in [0, 0.1) is 18.5 Å². The molecule has 0 aliphatic carbocycles. The summed E-state index contributed by atoms with van der Waals surface area (Å²) in [6.45, 7) is 0. The molecule has 15 aromatic rings. The third-order valence-electron chi connectivity index (χ3n) is 14.5. The molecule has 0 fully saturated rings. The first-order valence-electron chi connectivity index (χ1n) is 24.9. The molecule has 4 heterocycles. The number of fused-ring (bicyclic) bond motifs is 11. The van der Waals surface area contributed by atoms with Gasteiger partial charge < -0.3 is 18.3 Å². The Balaban J connectivity index is 0.00000516. The fourth-order valence-corrected chi connectivity index (χ4v) is 11.3. The third kappa shape index (κ3) is 7.13. The maximum absolute atomic E-state index is 6.85. The quantitative estimate of drug-likeness (QED) is 0.118. The molecule has 6 nitrogen and oxygen atoms in total. The predicted molar refractivity (Wildman–Crippen MR) is 301 cm³/mol. The Morgan fingerprint density at radius 2 is 0.933 bits per heavy atom. The maximum atomic E-state index is 6.85. The molecule has 0 aliphatic rings. The van der Waals surface area contributed by atoms with Crippen molar-refractivity contribution in [1.29, 1.82) is 0 Å². The number of benzene rings is 11. The summed E-state index contributed by atoms with van der Waals surface area (Å²) in [5, 5.41) is 7.72. The zero-order valence-corrected chi connectivity index (χ0v) is 42.4. The van der Waals surface area contributed by atoms with Crippen molar-refractivity contribution in [1.82, 2.24) is 18.5 Å². The van der Waals surface area contributed by atoms with Gasteiger partial charge in [-0.2, -0.15) is 18.2 Å². The number of rotatable bonds is 7. The molecule has 75 heavy (non-hydrogen) atoms. The van der Waals surface area contributed by atoms with E-state index in [1.165, 1.54) is 10.8 Å². The summed E-state index contributed by atoms with van der Waals surface area (Å²) in [5.41, 5.74) is 14.4. The van der Waals surface area contributed by atoms with Gasteiger partial charge in [-0.1, -0.05) is 194 Å². The zero-order valence-electron chi connectivity index (χ0n) is 40.1. The molecule has 7 heteroatoms. The van der Waals surface area contributed by atoms with Gasteiger partial charge in [0, 0.05) is 65.0 Å². The van der Waals surface area contributed by atoms with E-state index in [0.29, 0.717) is 11.5 Å². The number of para-hydroxylation sites is 8. The first kappa shape index (κ1) is 44.4. The molecule has 0 amide bonds. The van der Waals surface area contributed by atoms with Gasteiger partial charge in [-0.25, -0.2) is 4.98 Å². The molecule has 15 rings (SSSR count). The second-order valence-corrected chi connectivity index (χ2v) is 18.7. The zero-order chi connectivity index (χ0) is 48.7. The van der Waals surface area contributed by atoms with Crippen LogP contribution >= 0.6 is 0 Å². The first-order valence-corrected chi connectivity index (χ1v) is 24.9. The molecule has 0 N–H and O–H groups in total. The summed E-state index contributed by atoms with van der Waals surface area (Å²) >= 11 is 0. The van der Waals surface area contributed by atoms with Crippen molar-refractivity contribution in [2.24, 2.45) is 0 Å². The van der Waals surface area contributed by atoms with Crippen LogP contribution in [0.1, 0.15) is 0 Å². The molecule has 11 aromatic carbocycles. The maximum Gasteiger partial charge on any atom is 0.268 e. The predicted octanol–water partition coefficient (Wildman–Crippen LogP) is 16.4. The molecule has 0 atom stereocenters. The normalized spacial score (nSPS) is 11.6. The van der Waals surface area contributed by atoms with Crippen LogP contribution in [-0.2, 0) is 21.1 Å². The number of hydrogen-bond donors (Lipinski definition) is 0. The van der Waals surface area contributed by atoms with Gasteiger partial charge in [-0.3, -0.25) is 4.57 Å². The molecule has 0 radical (unpaired) electrons. The van der Waals surface area contributed by atoms with Crippen LogP contribution in [0.25, 0.3) is 121 Å². The molecule has 0 saturated heterocycles. The summed E-state index contributed by atoms with van der Waals surface area (Å²) in [7, 11) is 0. The van der Waals surface area contributed by atoms with Crippen LogP contribution in [0.15, 0.2) is 249 Å². The topological polar surface area (TPSA) is 40.3 Å². The molecule has 0 unspecified atom stereocenters. The Hall–Kier alpha value is -9.35. The molecule has 0 spiro atoms. The number of hydrogen-bond acceptors (Lipinski definition) is 2. The second kappa shape index (κ2) is 18.0. The number of aromatic nitrogens is 5. The van der Waals surface area contributed by atoms with E-state index in [4.69, 9.17) is 9.72 Å². The number of ether oxygens (including phenoxy) is 1. The fraction of sp³-hybridized carbons (Fsp3) is 0. The largest absolute Gasteiger partial charge is 0.510 e. The number of imidazole rings is 1. The summed E-state index contributed by atoms with van der Waals surface area (Å²) in [6.07, 6.45) is 3.79. The standard InChI is InChI=1S/C68H41N5O.Pt/c1-3-20-45(21-4-1)50-30-18-31-51(46-22-5-2-6-23-46)66(50)71-44-70(63-38-15-16-39-64(63)71)47-24-17-25-48(42-47)74-49-40-41-55-53-27-8-13-36-61(53)73(65(55)43-49)68-58-29-10-14-37-62(58)72-60-35-12-9-28-54(60)57-33-19-32-56(67(57)72)52-26-7-11-34-59(52)69-68;/h1-41H;/q-2;. The van der Waals surface area contributed by atoms with E-state index < -0.39 is 0 Å². The summed E-state index contributed by atoms with van der Waals surface area (Å²) in [5.74, 6) is 1.89. The van der Waals surface area contributed by atoms with E-state index in [9.17, 15) is 0 Å². The average molecular weight is 1140 g/mol. The van der Waals surface area contributed by atoms with Crippen molar-refractivity contribution >= 4 is 81.8 Å². The van der Waals surface area contributed by atoms with Crippen molar-refractivity contribution in [2.75, 3.05) is 0 Å². The van der Waals surface area contributed by atoms with Crippen LogP contribution in [0.5, 0.6) is 11.5 Å². The number of nitrogens with zero attached hydrogens (tertiary/aromatic N) is 5. The van der Waals surface area contributed by atoms with Gasteiger partial charge in [0.25, 0.3) is 6.33 Å². The molecule has 0 aliphatic heterocycles. The van der Waals surface area contributed by atoms with Gasteiger partial charge >= 0.3 is 0 Å². The van der Waals surface area contributed by atoms with Gasteiger partial charge in [0.05, 0.1) is 38.8 Å².